The van der Waals surface area contributed by atoms with Crippen molar-refractivity contribution in [3.05, 3.63) is 0 Å². The number of hydrogen-bond donors (Lipinski definition) is 4. The summed E-state index contributed by atoms with van der Waals surface area (Å²) >= 11 is 4.19. The van der Waals surface area contributed by atoms with Gasteiger partial charge in [-0.1, -0.05) is 38.5 Å². The standard InChI is InChI=1S/C36H59N3O5S/c40-32(25-9-3-1-4-10-25)27-14-18-29(19-15-27)34(42)37-22-8-7-13-31(36(44)38-23-24-45)39-35(43)30-20-16-28(17-21-30)33(41)26-11-5-2-6-12-26/h25-31,45H,1-24H2,(H,37,42)(H,38,44)(H,39,43). The van der Waals surface area contributed by atoms with Crippen molar-refractivity contribution in [2.45, 2.75) is 141 Å². The van der Waals surface area contributed by atoms with Crippen LogP contribution in [0.15, 0.2) is 0 Å². The van der Waals surface area contributed by atoms with Gasteiger partial charge in [0, 0.05) is 54.3 Å². The Labute approximate surface area is 276 Å². The highest BCUT2D eigenvalue weighted by molar-refractivity contribution is 7.80. The van der Waals surface area contributed by atoms with Crippen molar-refractivity contribution in [1.29, 1.82) is 0 Å². The molecule has 4 rings (SSSR count). The lowest BCUT2D eigenvalue weighted by Crippen LogP contribution is -2.49. The van der Waals surface area contributed by atoms with Crippen LogP contribution in [0.3, 0.4) is 0 Å². The van der Waals surface area contributed by atoms with Crippen molar-refractivity contribution in [3.8, 4) is 0 Å². The molecule has 0 heterocycles. The zero-order valence-electron chi connectivity index (χ0n) is 27.5. The minimum atomic E-state index is -0.619. The molecule has 0 aromatic carbocycles. The number of thiol groups is 1. The summed E-state index contributed by atoms with van der Waals surface area (Å²) in [5.41, 5.74) is 0. The molecule has 8 nitrogen and oxygen atoms in total. The van der Waals surface area contributed by atoms with E-state index in [4.69, 9.17) is 0 Å². The van der Waals surface area contributed by atoms with E-state index in [2.05, 4.69) is 28.6 Å². The summed E-state index contributed by atoms with van der Waals surface area (Å²) in [5.74, 6) is 1.69. The molecule has 3 amide bonds. The summed E-state index contributed by atoms with van der Waals surface area (Å²) in [5, 5.41) is 8.96. The van der Waals surface area contributed by atoms with Crippen LogP contribution < -0.4 is 16.0 Å². The molecule has 0 saturated heterocycles. The molecular formula is C36H59N3O5S. The van der Waals surface area contributed by atoms with Crippen molar-refractivity contribution in [3.63, 3.8) is 0 Å². The van der Waals surface area contributed by atoms with Gasteiger partial charge in [0.25, 0.3) is 0 Å². The maximum absolute atomic E-state index is 13.2. The van der Waals surface area contributed by atoms with E-state index in [9.17, 15) is 24.0 Å². The second-order valence-corrected chi connectivity index (χ2v) is 14.9. The van der Waals surface area contributed by atoms with Crippen molar-refractivity contribution in [2.75, 3.05) is 18.8 Å². The minimum Gasteiger partial charge on any atom is -0.356 e. The summed E-state index contributed by atoms with van der Waals surface area (Å²) in [6.07, 6.45) is 19.4. The van der Waals surface area contributed by atoms with Crippen molar-refractivity contribution < 1.29 is 24.0 Å². The number of amides is 3. The van der Waals surface area contributed by atoms with E-state index < -0.39 is 6.04 Å². The average molecular weight is 646 g/mol. The van der Waals surface area contributed by atoms with Gasteiger partial charge in [0.1, 0.15) is 17.6 Å². The van der Waals surface area contributed by atoms with Crippen LogP contribution in [0, 0.1) is 35.5 Å². The Morgan fingerprint density at radius 1 is 0.511 bits per heavy atom. The highest BCUT2D eigenvalue weighted by Crippen LogP contribution is 2.36. The van der Waals surface area contributed by atoms with Gasteiger partial charge in [0.05, 0.1) is 0 Å². The lowest BCUT2D eigenvalue weighted by Gasteiger charge is -2.31. The first kappa shape index (κ1) is 35.9. The zero-order chi connectivity index (χ0) is 32.0. The highest BCUT2D eigenvalue weighted by Gasteiger charge is 2.35. The Kier molecular flexibility index (Phi) is 15.2. The van der Waals surface area contributed by atoms with Gasteiger partial charge in [-0.3, -0.25) is 24.0 Å². The third-order valence-corrected chi connectivity index (χ3v) is 11.5. The van der Waals surface area contributed by atoms with Gasteiger partial charge in [-0.2, -0.15) is 12.6 Å². The molecule has 4 saturated carbocycles. The molecule has 0 aromatic heterocycles. The Morgan fingerprint density at radius 2 is 0.956 bits per heavy atom. The summed E-state index contributed by atoms with van der Waals surface area (Å²) in [6, 6.07) is -0.619. The average Bonchev–Trinajstić information content (AvgIpc) is 3.10. The maximum Gasteiger partial charge on any atom is 0.242 e. The second kappa shape index (κ2) is 19.0. The fourth-order valence-electron chi connectivity index (χ4n) is 8.41. The third kappa shape index (κ3) is 11.1. The van der Waals surface area contributed by atoms with Crippen molar-refractivity contribution in [1.82, 2.24) is 16.0 Å². The van der Waals surface area contributed by atoms with E-state index in [0.717, 1.165) is 83.5 Å². The number of Topliss-reactive ketones (excluding diaryl/α,β-unsaturated/α-hetero) is 2. The Morgan fingerprint density at radius 3 is 1.44 bits per heavy atom. The highest BCUT2D eigenvalue weighted by atomic mass is 32.1. The predicted octanol–water partition coefficient (Wildman–Crippen LogP) is 5.72. The van der Waals surface area contributed by atoms with Crippen LogP contribution in [0.1, 0.15) is 135 Å². The summed E-state index contributed by atoms with van der Waals surface area (Å²) in [6.45, 7) is 0.977. The Balaban J connectivity index is 1.14. The number of carbonyl (C=O) groups excluding carboxylic acids is 5. The summed E-state index contributed by atoms with van der Waals surface area (Å²) in [7, 11) is 0. The first-order chi connectivity index (χ1) is 21.9. The molecule has 9 heteroatoms. The monoisotopic (exact) mass is 645 g/mol. The van der Waals surface area contributed by atoms with Gasteiger partial charge in [0.2, 0.25) is 17.7 Å². The topological polar surface area (TPSA) is 121 Å². The van der Waals surface area contributed by atoms with E-state index in [1.807, 2.05) is 0 Å². The molecule has 0 spiro atoms. The molecule has 4 aliphatic rings. The minimum absolute atomic E-state index is 0.0208. The van der Waals surface area contributed by atoms with E-state index in [0.29, 0.717) is 56.1 Å². The van der Waals surface area contributed by atoms with E-state index in [1.165, 1.54) is 25.7 Å². The molecule has 0 bridgehead atoms. The van der Waals surface area contributed by atoms with Crippen LogP contribution in [0.5, 0.6) is 0 Å². The Bertz CT molecular complexity index is 977. The smallest absolute Gasteiger partial charge is 0.242 e. The molecule has 4 aliphatic carbocycles. The van der Waals surface area contributed by atoms with Crippen LogP contribution in [0.2, 0.25) is 0 Å². The molecule has 45 heavy (non-hydrogen) atoms. The summed E-state index contributed by atoms with van der Waals surface area (Å²) < 4.78 is 0. The number of unbranched alkanes of at least 4 members (excludes halogenated alkanes) is 1. The molecule has 0 aliphatic heterocycles. The largest absolute Gasteiger partial charge is 0.356 e. The molecule has 0 aromatic rings. The van der Waals surface area contributed by atoms with Crippen molar-refractivity contribution >= 4 is 41.9 Å². The molecule has 0 radical (unpaired) electrons. The fourth-order valence-corrected chi connectivity index (χ4v) is 8.52. The molecule has 4 fully saturated rings. The van der Waals surface area contributed by atoms with Crippen LogP contribution in [-0.4, -0.2) is 54.2 Å². The van der Waals surface area contributed by atoms with Crippen LogP contribution in [0.4, 0.5) is 0 Å². The van der Waals surface area contributed by atoms with E-state index in [-0.39, 0.29) is 53.2 Å². The Hall–Kier alpha value is -1.90. The van der Waals surface area contributed by atoms with Gasteiger partial charge in [0.15, 0.2) is 0 Å². The van der Waals surface area contributed by atoms with Crippen molar-refractivity contribution in [2.24, 2.45) is 35.5 Å². The van der Waals surface area contributed by atoms with Gasteiger partial charge in [-0.05, 0) is 96.3 Å². The molecule has 1 unspecified atom stereocenters. The molecule has 1 atom stereocenters. The second-order valence-electron chi connectivity index (χ2n) is 14.4. The number of ketones is 2. The lowest BCUT2D eigenvalue weighted by molar-refractivity contribution is -0.134. The molecule has 3 N–H and O–H groups in total. The predicted molar refractivity (Wildman–Crippen MR) is 180 cm³/mol. The molecular weight excluding hydrogens is 586 g/mol. The lowest BCUT2D eigenvalue weighted by atomic mass is 9.74. The van der Waals surface area contributed by atoms with Gasteiger partial charge >= 0.3 is 0 Å². The number of rotatable bonds is 15. The first-order valence-corrected chi connectivity index (χ1v) is 19.0. The number of hydrogen-bond acceptors (Lipinski definition) is 6. The quantitative estimate of drug-likeness (QED) is 0.134. The normalized spacial score (nSPS) is 27.2. The zero-order valence-corrected chi connectivity index (χ0v) is 28.4. The molecule has 254 valence electrons. The van der Waals surface area contributed by atoms with Gasteiger partial charge < -0.3 is 16.0 Å². The van der Waals surface area contributed by atoms with Gasteiger partial charge in [-0.15, -0.1) is 0 Å². The van der Waals surface area contributed by atoms with Crippen LogP contribution >= 0.6 is 12.6 Å². The van der Waals surface area contributed by atoms with Crippen LogP contribution in [-0.2, 0) is 24.0 Å². The number of carbonyl (C=O) groups is 5. The maximum atomic E-state index is 13.2. The SMILES string of the molecule is O=C(NCCCCC(NC(=O)C1CCC(C(=O)C2CCCCC2)CC1)C(=O)NCCS)C1CCC(C(=O)C2CCCCC2)CC1. The first-order valence-electron chi connectivity index (χ1n) is 18.4. The van der Waals surface area contributed by atoms with Crippen LogP contribution in [0.25, 0.3) is 0 Å². The van der Waals surface area contributed by atoms with Gasteiger partial charge in [-0.25, -0.2) is 0 Å². The van der Waals surface area contributed by atoms with E-state index >= 15 is 0 Å². The fraction of sp³-hybridized carbons (Fsp3) is 0.861. The summed E-state index contributed by atoms with van der Waals surface area (Å²) in [4.78, 5) is 64.8. The third-order valence-electron chi connectivity index (χ3n) is 11.3. The number of nitrogens with one attached hydrogen (secondary N) is 3. The van der Waals surface area contributed by atoms with E-state index in [1.54, 1.807) is 0 Å².